The number of rotatable bonds is 5. The normalized spacial score (nSPS) is 18.1. The fraction of sp³-hybridized carbons (Fsp3) is 0.600. The zero-order chi connectivity index (χ0) is 15.7. The molecule has 2 rings (SSSR count). The third-order valence-corrected chi connectivity index (χ3v) is 5.96. The number of likely N-dealkylation sites (N-methyl/N-ethyl adjacent to an activating group) is 1. The first kappa shape index (κ1) is 16.3. The van der Waals surface area contributed by atoms with Crippen molar-refractivity contribution in [2.24, 2.45) is 0 Å². The van der Waals surface area contributed by atoms with Gasteiger partial charge in [0.2, 0.25) is 10.0 Å². The van der Waals surface area contributed by atoms with Crippen LogP contribution in [0.3, 0.4) is 0 Å². The van der Waals surface area contributed by atoms with Crippen molar-refractivity contribution in [3.8, 4) is 0 Å². The van der Waals surface area contributed by atoms with Crippen LogP contribution in [0.25, 0.3) is 0 Å². The predicted molar refractivity (Wildman–Crippen MR) is 84.0 cm³/mol. The standard InChI is InChI=1S/C15H24N2O3S/c1-16(2)21(19,20)14-9-5-4-8-13(14)17(3)12-15(18)10-6-7-11-15/h4-5,8-9,18H,6-7,10-12H2,1-3H3. The largest absolute Gasteiger partial charge is 0.388 e. The summed E-state index contributed by atoms with van der Waals surface area (Å²) in [5.41, 5.74) is -0.0736. The van der Waals surface area contributed by atoms with Crippen molar-refractivity contribution in [1.29, 1.82) is 0 Å². The van der Waals surface area contributed by atoms with Crippen LogP contribution in [-0.2, 0) is 10.0 Å². The Bertz CT molecular complexity index is 593. The van der Waals surface area contributed by atoms with Gasteiger partial charge in [0, 0.05) is 27.7 Å². The lowest BCUT2D eigenvalue weighted by Crippen LogP contribution is -2.40. The highest BCUT2D eigenvalue weighted by Crippen LogP contribution is 2.33. The molecular formula is C15H24N2O3S. The molecular weight excluding hydrogens is 288 g/mol. The Morgan fingerprint density at radius 1 is 1.14 bits per heavy atom. The van der Waals surface area contributed by atoms with E-state index in [1.54, 1.807) is 18.2 Å². The highest BCUT2D eigenvalue weighted by Gasteiger charge is 2.33. The van der Waals surface area contributed by atoms with Crippen molar-refractivity contribution in [1.82, 2.24) is 4.31 Å². The van der Waals surface area contributed by atoms with E-state index in [1.165, 1.54) is 18.4 Å². The molecule has 0 atom stereocenters. The molecule has 5 nitrogen and oxygen atoms in total. The van der Waals surface area contributed by atoms with E-state index in [0.29, 0.717) is 12.2 Å². The molecule has 0 heterocycles. The first-order valence-corrected chi connectivity index (χ1v) is 8.65. The second kappa shape index (κ2) is 5.94. The molecule has 1 fully saturated rings. The van der Waals surface area contributed by atoms with Crippen LogP contribution in [0.1, 0.15) is 25.7 Å². The van der Waals surface area contributed by atoms with Crippen LogP contribution in [-0.4, -0.2) is 51.1 Å². The molecule has 1 aromatic carbocycles. The molecule has 1 aliphatic carbocycles. The van der Waals surface area contributed by atoms with E-state index in [4.69, 9.17) is 0 Å². The van der Waals surface area contributed by atoms with E-state index in [1.807, 2.05) is 18.0 Å². The molecule has 0 amide bonds. The number of hydrogen-bond donors (Lipinski definition) is 1. The van der Waals surface area contributed by atoms with Crippen LogP contribution in [0.2, 0.25) is 0 Å². The van der Waals surface area contributed by atoms with E-state index in [0.717, 1.165) is 25.7 Å². The Morgan fingerprint density at radius 3 is 2.29 bits per heavy atom. The highest BCUT2D eigenvalue weighted by molar-refractivity contribution is 7.89. The molecule has 0 saturated heterocycles. The summed E-state index contributed by atoms with van der Waals surface area (Å²) in [5, 5.41) is 10.5. The van der Waals surface area contributed by atoms with Gasteiger partial charge >= 0.3 is 0 Å². The van der Waals surface area contributed by atoms with Crippen molar-refractivity contribution in [2.45, 2.75) is 36.2 Å². The summed E-state index contributed by atoms with van der Waals surface area (Å²) in [4.78, 5) is 2.13. The van der Waals surface area contributed by atoms with E-state index in [9.17, 15) is 13.5 Å². The zero-order valence-corrected chi connectivity index (χ0v) is 13.7. The maximum absolute atomic E-state index is 12.4. The van der Waals surface area contributed by atoms with E-state index < -0.39 is 15.6 Å². The van der Waals surface area contributed by atoms with Crippen LogP contribution < -0.4 is 4.90 Å². The lowest BCUT2D eigenvalue weighted by molar-refractivity contribution is 0.0558. The molecule has 0 unspecified atom stereocenters. The second-order valence-electron chi connectivity index (χ2n) is 6.04. The van der Waals surface area contributed by atoms with Crippen LogP contribution in [0.5, 0.6) is 0 Å². The molecule has 1 aliphatic rings. The predicted octanol–water partition coefficient (Wildman–Crippen LogP) is 1.68. The van der Waals surface area contributed by atoms with Crippen LogP contribution in [0, 0.1) is 0 Å². The summed E-state index contributed by atoms with van der Waals surface area (Å²) < 4.78 is 26.0. The lowest BCUT2D eigenvalue weighted by Gasteiger charge is -2.31. The third-order valence-electron chi connectivity index (χ3n) is 4.10. The highest BCUT2D eigenvalue weighted by atomic mass is 32.2. The van der Waals surface area contributed by atoms with E-state index >= 15 is 0 Å². The minimum atomic E-state index is -3.50. The topological polar surface area (TPSA) is 60.9 Å². The monoisotopic (exact) mass is 312 g/mol. The number of para-hydroxylation sites is 1. The van der Waals surface area contributed by atoms with Crippen molar-refractivity contribution in [3.63, 3.8) is 0 Å². The Balaban J connectivity index is 2.32. The maximum Gasteiger partial charge on any atom is 0.244 e. The minimum Gasteiger partial charge on any atom is -0.388 e. The van der Waals surface area contributed by atoms with Gasteiger partial charge in [0.25, 0.3) is 0 Å². The van der Waals surface area contributed by atoms with Crippen LogP contribution in [0.4, 0.5) is 5.69 Å². The fourth-order valence-electron chi connectivity index (χ4n) is 2.91. The van der Waals surface area contributed by atoms with Gasteiger partial charge in [0.05, 0.1) is 11.3 Å². The average Bonchev–Trinajstić information content (AvgIpc) is 2.85. The van der Waals surface area contributed by atoms with Gasteiger partial charge in [-0.15, -0.1) is 0 Å². The second-order valence-corrected chi connectivity index (χ2v) is 8.16. The van der Waals surface area contributed by atoms with Crippen LogP contribution in [0.15, 0.2) is 29.2 Å². The molecule has 0 radical (unpaired) electrons. The molecule has 0 bridgehead atoms. The third kappa shape index (κ3) is 3.39. The molecule has 0 spiro atoms. The summed E-state index contributed by atoms with van der Waals surface area (Å²) in [7, 11) is 1.39. The maximum atomic E-state index is 12.4. The summed E-state index contributed by atoms with van der Waals surface area (Å²) in [5.74, 6) is 0. The summed E-state index contributed by atoms with van der Waals surface area (Å²) in [6.45, 7) is 0.451. The molecule has 21 heavy (non-hydrogen) atoms. The van der Waals surface area contributed by atoms with Crippen molar-refractivity contribution < 1.29 is 13.5 Å². The Labute approximate surface area is 127 Å². The molecule has 0 aliphatic heterocycles. The zero-order valence-electron chi connectivity index (χ0n) is 12.9. The Hall–Kier alpha value is -1.11. The smallest absolute Gasteiger partial charge is 0.244 e. The van der Waals surface area contributed by atoms with Crippen LogP contribution >= 0.6 is 0 Å². The average molecular weight is 312 g/mol. The Kier molecular flexibility index (Phi) is 4.60. The fourth-order valence-corrected chi connectivity index (χ4v) is 4.04. The van der Waals surface area contributed by atoms with Gasteiger partial charge in [-0.1, -0.05) is 25.0 Å². The molecule has 0 aromatic heterocycles. The first-order valence-electron chi connectivity index (χ1n) is 7.21. The van der Waals surface area contributed by atoms with Crippen molar-refractivity contribution in [3.05, 3.63) is 24.3 Å². The first-order chi connectivity index (χ1) is 9.76. The molecule has 6 heteroatoms. The van der Waals surface area contributed by atoms with Gasteiger partial charge in [0.15, 0.2) is 0 Å². The van der Waals surface area contributed by atoms with Gasteiger partial charge in [-0.05, 0) is 25.0 Å². The summed E-state index contributed by atoms with van der Waals surface area (Å²) >= 11 is 0. The number of sulfonamides is 1. The van der Waals surface area contributed by atoms with Gasteiger partial charge in [0.1, 0.15) is 4.90 Å². The van der Waals surface area contributed by atoms with Gasteiger partial charge in [-0.25, -0.2) is 12.7 Å². The molecule has 1 saturated carbocycles. The molecule has 118 valence electrons. The quantitative estimate of drug-likeness (QED) is 0.898. The number of anilines is 1. The summed E-state index contributed by atoms with van der Waals surface area (Å²) in [6.07, 6.45) is 3.61. The van der Waals surface area contributed by atoms with E-state index in [-0.39, 0.29) is 4.90 Å². The lowest BCUT2D eigenvalue weighted by atomic mass is 10.0. The number of aliphatic hydroxyl groups is 1. The Morgan fingerprint density at radius 2 is 1.71 bits per heavy atom. The van der Waals surface area contributed by atoms with Crippen molar-refractivity contribution in [2.75, 3.05) is 32.6 Å². The number of benzene rings is 1. The molecule has 1 N–H and O–H groups in total. The van der Waals surface area contributed by atoms with Gasteiger partial charge in [-0.3, -0.25) is 0 Å². The minimum absolute atomic E-state index is 0.277. The number of nitrogens with zero attached hydrogens (tertiary/aromatic N) is 2. The SMILES string of the molecule is CN(CC1(O)CCCC1)c1ccccc1S(=O)(=O)N(C)C. The van der Waals surface area contributed by atoms with Gasteiger partial charge < -0.3 is 10.0 Å². The van der Waals surface area contributed by atoms with E-state index in [2.05, 4.69) is 0 Å². The number of hydrogen-bond acceptors (Lipinski definition) is 4. The molecule has 1 aromatic rings. The summed E-state index contributed by atoms with van der Waals surface area (Å²) in [6, 6.07) is 6.94. The van der Waals surface area contributed by atoms with Crippen molar-refractivity contribution >= 4 is 15.7 Å². The van der Waals surface area contributed by atoms with Gasteiger partial charge in [-0.2, -0.15) is 0 Å².